The average Bonchev–Trinajstić information content (AvgIpc) is 2.10. The Morgan fingerprint density at radius 1 is 1.12 bits per heavy atom. The fourth-order valence-electron chi connectivity index (χ4n) is 3.45. The van der Waals surface area contributed by atoms with Gasteiger partial charge in [0.25, 0.3) is 0 Å². The number of carbonyl (C=O) groups is 1. The van der Waals surface area contributed by atoms with Gasteiger partial charge in [0.05, 0.1) is 0 Å². The van der Waals surface area contributed by atoms with Crippen LogP contribution in [0.25, 0.3) is 0 Å². The van der Waals surface area contributed by atoms with Gasteiger partial charge in [0.1, 0.15) is 5.78 Å². The predicted octanol–water partition coefficient (Wildman–Crippen LogP) is 3.11. The van der Waals surface area contributed by atoms with Crippen LogP contribution in [0.5, 0.6) is 0 Å². The van der Waals surface area contributed by atoms with Gasteiger partial charge in [0, 0.05) is 19.4 Å². The molecule has 0 aromatic heterocycles. The van der Waals surface area contributed by atoms with Crippen LogP contribution in [0, 0.1) is 10.8 Å². The van der Waals surface area contributed by atoms with Crippen molar-refractivity contribution in [2.75, 3.05) is 19.6 Å². The number of nitrogens with zero attached hydrogens (tertiary/aromatic N) is 1. The molecule has 0 amide bonds. The minimum absolute atomic E-state index is 0.185. The second kappa shape index (κ2) is 4.87. The molecule has 2 nitrogen and oxygen atoms in total. The lowest BCUT2D eigenvalue weighted by molar-refractivity contribution is -0.128. The third-order valence-electron chi connectivity index (χ3n) is 3.70. The van der Waals surface area contributed by atoms with Crippen LogP contribution in [0.2, 0.25) is 0 Å². The van der Waals surface area contributed by atoms with Gasteiger partial charge in [0.15, 0.2) is 0 Å². The lowest BCUT2D eigenvalue weighted by Crippen LogP contribution is -2.43. The molecule has 0 aliphatic heterocycles. The van der Waals surface area contributed by atoms with Crippen molar-refractivity contribution < 1.29 is 4.79 Å². The van der Waals surface area contributed by atoms with Gasteiger partial charge in [-0.15, -0.1) is 0 Å². The van der Waals surface area contributed by atoms with Gasteiger partial charge in [0.2, 0.25) is 0 Å². The molecule has 0 bridgehead atoms. The molecule has 1 unspecified atom stereocenters. The van der Waals surface area contributed by atoms with Crippen LogP contribution >= 0.6 is 0 Å². The van der Waals surface area contributed by atoms with Crippen LogP contribution in [-0.2, 0) is 4.79 Å². The summed E-state index contributed by atoms with van der Waals surface area (Å²) in [4.78, 5) is 14.3. The lowest BCUT2D eigenvalue weighted by atomic mass is 9.64. The van der Waals surface area contributed by atoms with Crippen LogP contribution in [-0.4, -0.2) is 30.3 Å². The topological polar surface area (TPSA) is 20.3 Å². The summed E-state index contributed by atoms with van der Waals surface area (Å²) < 4.78 is 0. The van der Waals surface area contributed by atoms with E-state index in [0.29, 0.717) is 5.78 Å². The second-order valence-electron chi connectivity index (χ2n) is 6.51. The molecule has 1 atom stereocenters. The first-order valence-electron chi connectivity index (χ1n) is 6.54. The highest BCUT2D eigenvalue weighted by atomic mass is 16.1. The largest absolute Gasteiger partial charge is 0.303 e. The van der Waals surface area contributed by atoms with Gasteiger partial charge < -0.3 is 4.90 Å². The standard InChI is InChI=1S/C14H27NO/c1-6-15(7-2)11-14(5)9-12(16)8-13(3,4)10-14/h6-11H2,1-5H3. The zero-order chi connectivity index (χ0) is 12.4. The van der Waals surface area contributed by atoms with E-state index in [9.17, 15) is 4.79 Å². The van der Waals surface area contributed by atoms with Gasteiger partial charge in [-0.1, -0.05) is 34.6 Å². The maximum absolute atomic E-state index is 11.8. The van der Waals surface area contributed by atoms with E-state index < -0.39 is 0 Å². The molecule has 0 spiro atoms. The normalized spacial score (nSPS) is 29.8. The summed E-state index contributed by atoms with van der Waals surface area (Å²) in [6.45, 7) is 14.4. The maximum Gasteiger partial charge on any atom is 0.134 e. The Bertz CT molecular complexity index is 255. The Labute approximate surface area is 100 Å². The number of hydrogen-bond acceptors (Lipinski definition) is 2. The number of carbonyl (C=O) groups excluding carboxylic acids is 1. The summed E-state index contributed by atoms with van der Waals surface area (Å²) in [5.41, 5.74) is 0.377. The summed E-state index contributed by atoms with van der Waals surface area (Å²) in [5.74, 6) is 0.450. The van der Waals surface area contributed by atoms with E-state index in [1.807, 2.05) is 0 Å². The molecule has 0 radical (unpaired) electrons. The number of hydrogen-bond donors (Lipinski definition) is 0. The molecule has 0 aromatic carbocycles. The van der Waals surface area contributed by atoms with E-state index in [0.717, 1.165) is 32.5 Å². The molecule has 1 saturated carbocycles. The Morgan fingerprint density at radius 3 is 2.12 bits per heavy atom. The summed E-state index contributed by atoms with van der Waals surface area (Å²) >= 11 is 0. The number of rotatable bonds is 4. The highest BCUT2D eigenvalue weighted by Gasteiger charge is 2.41. The minimum Gasteiger partial charge on any atom is -0.303 e. The van der Waals surface area contributed by atoms with E-state index in [1.165, 1.54) is 6.42 Å². The quantitative estimate of drug-likeness (QED) is 0.732. The van der Waals surface area contributed by atoms with E-state index in [-0.39, 0.29) is 10.8 Å². The predicted molar refractivity (Wildman–Crippen MR) is 68.5 cm³/mol. The molecule has 94 valence electrons. The van der Waals surface area contributed by atoms with Crippen molar-refractivity contribution in [2.45, 2.75) is 53.9 Å². The molecule has 1 aliphatic carbocycles. The van der Waals surface area contributed by atoms with Crippen molar-refractivity contribution >= 4 is 5.78 Å². The zero-order valence-electron chi connectivity index (χ0n) is 11.6. The van der Waals surface area contributed by atoms with Gasteiger partial charge >= 0.3 is 0 Å². The molecular formula is C14H27NO. The molecule has 0 aromatic rings. The van der Waals surface area contributed by atoms with Crippen LogP contribution in [0.3, 0.4) is 0 Å². The zero-order valence-corrected chi connectivity index (χ0v) is 11.6. The molecular weight excluding hydrogens is 198 g/mol. The highest BCUT2D eigenvalue weighted by molar-refractivity contribution is 5.80. The summed E-state index contributed by atoms with van der Waals surface area (Å²) in [6.07, 6.45) is 2.70. The fourth-order valence-corrected chi connectivity index (χ4v) is 3.45. The van der Waals surface area contributed by atoms with Crippen LogP contribution < -0.4 is 0 Å². The Balaban J connectivity index is 2.71. The van der Waals surface area contributed by atoms with Crippen molar-refractivity contribution in [1.82, 2.24) is 4.90 Å². The third kappa shape index (κ3) is 3.58. The van der Waals surface area contributed by atoms with Gasteiger partial charge in [-0.2, -0.15) is 0 Å². The molecule has 16 heavy (non-hydrogen) atoms. The summed E-state index contributed by atoms with van der Waals surface area (Å²) in [7, 11) is 0. The first kappa shape index (κ1) is 13.7. The molecule has 1 fully saturated rings. The van der Waals surface area contributed by atoms with E-state index in [1.54, 1.807) is 0 Å². The molecule has 0 saturated heterocycles. The maximum atomic E-state index is 11.8. The average molecular weight is 225 g/mol. The van der Waals surface area contributed by atoms with Crippen molar-refractivity contribution in [3.05, 3.63) is 0 Å². The Kier molecular flexibility index (Phi) is 4.17. The fraction of sp³-hybridized carbons (Fsp3) is 0.929. The Morgan fingerprint density at radius 2 is 1.69 bits per heavy atom. The molecule has 0 N–H and O–H groups in total. The SMILES string of the molecule is CCN(CC)CC1(C)CC(=O)CC(C)(C)C1. The van der Waals surface area contributed by atoms with E-state index in [4.69, 9.17) is 0 Å². The van der Waals surface area contributed by atoms with Crippen LogP contribution in [0.4, 0.5) is 0 Å². The van der Waals surface area contributed by atoms with Crippen molar-refractivity contribution in [2.24, 2.45) is 10.8 Å². The van der Waals surface area contributed by atoms with Crippen molar-refractivity contribution in [1.29, 1.82) is 0 Å². The summed E-state index contributed by atoms with van der Waals surface area (Å²) in [6, 6.07) is 0. The van der Waals surface area contributed by atoms with Gasteiger partial charge in [-0.05, 0) is 30.3 Å². The Hall–Kier alpha value is -0.370. The van der Waals surface area contributed by atoms with Crippen LogP contribution in [0.1, 0.15) is 53.9 Å². The highest BCUT2D eigenvalue weighted by Crippen LogP contribution is 2.44. The molecule has 1 rings (SSSR count). The molecule has 2 heteroatoms. The van der Waals surface area contributed by atoms with Crippen molar-refractivity contribution in [3.8, 4) is 0 Å². The first-order chi connectivity index (χ1) is 7.30. The molecule has 1 aliphatic rings. The monoisotopic (exact) mass is 225 g/mol. The second-order valence-corrected chi connectivity index (χ2v) is 6.51. The van der Waals surface area contributed by atoms with E-state index in [2.05, 4.69) is 39.5 Å². The lowest BCUT2D eigenvalue weighted by Gasteiger charge is -2.44. The minimum atomic E-state index is 0.185. The number of ketones is 1. The van der Waals surface area contributed by atoms with Gasteiger partial charge in [-0.25, -0.2) is 0 Å². The van der Waals surface area contributed by atoms with Crippen LogP contribution in [0.15, 0.2) is 0 Å². The van der Waals surface area contributed by atoms with E-state index >= 15 is 0 Å². The first-order valence-corrected chi connectivity index (χ1v) is 6.54. The molecule has 0 heterocycles. The smallest absolute Gasteiger partial charge is 0.134 e. The summed E-state index contributed by atoms with van der Waals surface area (Å²) in [5, 5.41) is 0. The van der Waals surface area contributed by atoms with Gasteiger partial charge in [-0.3, -0.25) is 4.79 Å². The van der Waals surface area contributed by atoms with Crippen molar-refractivity contribution in [3.63, 3.8) is 0 Å². The number of Topliss-reactive ketones (excluding diaryl/α,β-unsaturated/α-hetero) is 1. The third-order valence-corrected chi connectivity index (χ3v) is 3.70.